The molecule has 8 heteroatoms. The summed E-state index contributed by atoms with van der Waals surface area (Å²) in [4.78, 5) is 21.6. The van der Waals surface area contributed by atoms with Gasteiger partial charge >= 0.3 is 5.69 Å². The second-order valence-electron chi connectivity index (χ2n) is 6.41. The number of anilines is 3. The SMILES string of the molecule is Cc1cc(Cl)ccc1Nc1ncnc(N2CCC(C)CC2)c1[N+](=O)[O-]. The van der Waals surface area contributed by atoms with Gasteiger partial charge in [-0.2, -0.15) is 0 Å². The standard InChI is InChI=1S/C17H20ClN5O2/c1-11-5-7-22(8-6-11)17-15(23(24)25)16(19-10-20-17)21-14-4-3-13(18)9-12(14)2/h3-4,9-11H,5-8H2,1-2H3,(H,19,20,21). The Morgan fingerprint density at radius 1 is 1.32 bits per heavy atom. The molecule has 2 aromatic rings. The van der Waals surface area contributed by atoms with E-state index < -0.39 is 4.92 Å². The Morgan fingerprint density at radius 2 is 2.04 bits per heavy atom. The fraction of sp³-hybridized carbons (Fsp3) is 0.412. The van der Waals surface area contributed by atoms with Crippen molar-refractivity contribution in [2.45, 2.75) is 26.7 Å². The van der Waals surface area contributed by atoms with Crippen LogP contribution in [0.4, 0.5) is 23.0 Å². The lowest BCUT2D eigenvalue weighted by Crippen LogP contribution is -2.34. The van der Waals surface area contributed by atoms with Crippen LogP contribution in [0.2, 0.25) is 5.02 Å². The van der Waals surface area contributed by atoms with Gasteiger partial charge in [-0.15, -0.1) is 0 Å². The molecule has 0 aliphatic carbocycles. The van der Waals surface area contributed by atoms with Crippen LogP contribution in [0, 0.1) is 23.0 Å². The lowest BCUT2D eigenvalue weighted by Gasteiger charge is -2.30. The van der Waals surface area contributed by atoms with Crippen LogP contribution >= 0.6 is 11.6 Å². The summed E-state index contributed by atoms with van der Waals surface area (Å²) in [6.07, 6.45) is 3.37. The molecule has 0 spiro atoms. The third kappa shape index (κ3) is 3.82. The fourth-order valence-electron chi connectivity index (χ4n) is 2.98. The maximum atomic E-state index is 11.7. The zero-order valence-corrected chi connectivity index (χ0v) is 15.0. The summed E-state index contributed by atoms with van der Waals surface area (Å²) in [7, 11) is 0. The maximum Gasteiger partial charge on any atom is 0.353 e. The average Bonchev–Trinajstić information content (AvgIpc) is 2.57. The van der Waals surface area contributed by atoms with Crippen molar-refractivity contribution in [3.8, 4) is 0 Å². The number of halogens is 1. The summed E-state index contributed by atoms with van der Waals surface area (Å²) in [5.74, 6) is 1.20. The van der Waals surface area contributed by atoms with E-state index in [4.69, 9.17) is 11.6 Å². The largest absolute Gasteiger partial charge is 0.353 e. The Bertz CT molecular complexity index is 791. The van der Waals surface area contributed by atoms with Crippen molar-refractivity contribution in [1.29, 1.82) is 0 Å². The molecule has 1 aromatic carbocycles. The highest BCUT2D eigenvalue weighted by Crippen LogP contribution is 2.36. The Labute approximate surface area is 151 Å². The molecular weight excluding hydrogens is 342 g/mol. The van der Waals surface area contributed by atoms with E-state index in [0.29, 0.717) is 16.8 Å². The third-order valence-electron chi connectivity index (χ3n) is 4.51. The van der Waals surface area contributed by atoms with Gasteiger partial charge in [0.2, 0.25) is 11.6 Å². The Hall–Kier alpha value is -2.41. The summed E-state index contributed by atoms with van der Waals surface area (Å²) >= 11 is 5.97. The summed E-state index contributed by atoms with van der Waals surface area (Å²) in [6.45, 7) is 5.60. The summed E-state index contributed by atoms with van der Waals surface area (Å²) in [6, 6.07) is 5.31. The van der Waals surface area contributed by atoms with Gasteiger partial charge in [-0.3, -0.25) is 10.1 Å². The highest BCUT2D eigenvalue weighted by Gasteiger charge is 2.29. The van der Waals surface area contributed by atoms with Crippen LogP contribution in [0.1, 0.15) is 25.3 Å². The van der Waals surface area contributed by atoms with Gasteiger partial charge in [0.25, 0.3) is 0 Å². The van der Waals surface area contributed by atoms with E-state index in [1.54, 1.807) is 18.2 Å². The van der Waals surface area contributed by atoms with Crippen LogP contribution in [0.3, 0.4) is 0 Å². The van der Waals surface area contributed by atoms with Crippen LogP contribution in [0.15, 0.2) is 24.5 Å². The van der Waals surface area contributed by atoms with Gasteiger partial charge in [0.1, 0.15) is 6.33 Å². The van der Waals surface area contributed by atoms with Crippen LogP contribution in [-0.4, -0.2) is 28.0 Å². The van der Waals surface area contributed by atoms with Gasteiger partial charge in [0.05, 0.1) is 4.92 Å². The smallest absolute Gasteiger partial charge is 0.351 e. The lowest BCUT2D eigenvalue weighted by atomic mass is 9.99. The number of rotatable bonds is 4. The summed E-state index contributed by atoms with van der Waals surface area (Å²) in [5, 5.41) is 15.4. The minimum absolute atomic E-state index is 0.0913. The molecule has 1 fully saturated rings. The van der Waals surface area contributed by atoms with Crippen molar-refractivity contribution in [3.05, 3.63) is 45.2 Å². The molecule has 25 heavy (non-hydrogen) atoms. The monoisotopic (exact) mass is 361 g/mol. The van der Waals surface area contributed by atoms with Crippen molar-refractivity contribution in [2.24, 2.45) is 5.92 Å². The number of piperidine rings is 1. The second-order valence-corrected chi connectivity index (χ2v) is 6.84. The maximum absolute atomic E-state index is 11.7. The number of nitrogens with zero attached hydrogens (tertiary/aromatic N) is 4. The molecule has 0 unspecified atom stereocenters. The van der Waals surface area contributed by atoms with E-state index in [1.807, 2.05) is 11.8 Å². The number of aromatic nitrogens is 2. The highest BCUT2D eigenvalue weighted by molar-refractivity contribution is 6.30. The van der Waals surface area contributed by atoms with Crippen molar-refractivity contribution in [1.82, 2.24) is 9.97 Å². The van der Waals surface area contributed by atoms with Gasteiger partial charge < -0.3 is 10.2 Å². The molecule has 0 atom stereocenters. The van der Waals surface area contributed by atoms with E-state index in [-0.39, 0.29) is 11.5 Å². The van der Waals surface area contributed by atoms with E-state index in [9.17, 15) is 10.1 Å². The fourth-order valence-corrected chi connectivity index (χ4v) is 3.20. The van der Waals surface area contributed by atoms with Gasteiger partial charge in [-0.05, 0) is 49.4 Å². The van der Waals surface area contributed by atoms with Crippen LogP contribution in [0.5, 0.6) is 0 Å². The van der Waals surface area contributed by atoms with Crippen molar-refractivity contribution >= 4 is 34.6 Å². The predicted molar refractivity (Wildman–Crippen MR) is 98.8 cm³/mol. The van der Waals surface area contributed by atoms with E-state index >= 15 is 0 Å². The van der Waals surface area contributed by atoms with Crippen molar-refractivity contribution in [3.63, 3.8) is 0 Å². The Kier molecular flexibility index (Phi) is 5.03. The summed E-state index contributed by atoms with van der Waals surface area (Å²) in [5.41, 5.74) is 1.52. The molecule has 0 amide bonds. The topological polar surface area (TPSA) is 84.2 Å². The molecule has 1 aliphatic rings. The second kappa shape index (κ2) is 7.23. The Balaban J connectivity index is 1.96. The first kappa shape index (κ1) is 17.4. The molecule has 132 valence electrons. The summed E-state index contributed by atoms with van der Waals surface area (Å²) < 4.78 is 0. The molecule has 0 saturated carbocycles. The van der Waals surface area contributed by atoms with Gasteiger partial charge in [-0.25, -0.2) is 9.97 Å². The molecule has 2 heterocycles. The van der Waals surface area contributed by atoms with E-state index in [1.165, 1.54) is 6.33 Å². The molecule has 1 aliphatic heterocycles. The van der Waals surface area contributed by atoms with Crippen LogP contribution in [-0.2, 0) is 0 Å². The number of benzene rings is 1. The third-order valence-corrected chi connectivity index (χ3v) is 4.75. The average molecular weight is 362 g/mol. The van der Waals surface area contributed by atoms with Crippen LogP contribution < -0.4 is 10.2 Å². The first-order valence-electron chi connectivity index (χ1n) is 8.23. The Morgan fingerprint density at radius 3 is 2.68 bits per heavy atom. The molecule has 0 bridgehead atoms. The number of hydrogen-bond donors (Lipinski definition) is 1. The lowest BCUT2D eigenvalue weighted by molar-refractivity contribution is -0.383. The molecular formula is C17H20ClN5O2. The number of nitrogens with one attached hydrogen (secondary N) is 1. The van der Waals surface area contributed by atoms with E-state index in [0.717, 1.165) is 37.2 Å². The quantitative estimate of drug-likeness (QED) is 0.644. The normalized spacial score (nSPS) is 15.2. The molecule has 1 N–H and O–H groups in total. The van der Waals surface area contributed by atoms with Crippen molar-refractivity contribution < 1.29 is 4.92 Å². The number of nitro groups is 1. The molecule has 1 aromatic heterocycles. The van der Waals surface area contributed by atoms with Crippen LogP contribution in [0.25, 0.3) is 0 Å². The van der Waals surface area contributed by atoms with Gasteiger partial charge in [-0.1, -0.05) is 18.5 Å². The highest BCUT2D eigenvalue weighted by atomic mass is 35.5. The minimum Gasteiger partial charge on any atom is -0.351 e. The molecule has 7 nitrogen and oxygen atoms in total. The zero-order chi connectivity index (χ0) is 18.0. The van der Waals surface area contributed by atoms with Crippen molar-refractivity contribution in [2.75, 3.05) is 23.3 Å². The first-order valence-corrected chi connectivity index (χ1v) is 8.61. The molecule has 1 saturated heterocycles. The molecule has 0 radical (unpaired) electrons. The number of hydrogen-bond acceptors (Lipinski definition) is 6. The first-order chi connectivity index (χ1) is 12.0. The molecule has 3 rings (SSSR count). The van der Waals surface area contributed by atoms with Gasteiger partial charge in [0.15, 0.2) is 0 Å². The van der Waals surface area contributed by atoms with Gasteiger partial charge in [0, 0.05) is 23.8 Å². The number of aryl methyl sites for hydroxylation is 1. The minimum atomic E-state index is -0.416. The predicted octanol–water partition coefficient (Wildman–Crippen LogP) is 4.33. The zero-order valence-electron chi connectivity index (χ0n) is 14.2. The van der Waals surface area contributed by atoms with E-state index in [2.05, 4.69) is 22.2 Å².